The van der Waals surface area contributed by atoms with E-state index in [1.165, 1.54) is 11.3 Å². The summed E-state index contributed by atoms with van der Waals surface area (Å²) >= 11 is 1.44. The van der Waals surface area contributed by atoms with Gasteiger partial charge in [-0.2, -0.15) is 0 Å². The summed E-state index contributed by atoms with van der Waals surface area (Å²) in [5.41, 5.74) is 1.54. The van der Waals surface area contributed by atoms with Crippen LogP contribution in [-0.4, -0.2) is 35.0 Å². The summed E-state index contributed by atoms with van der Waals surface area (Å²) in [6.07, 6.45) is 0.200. The molecule has 2 amide bonds. The number of rotatable bonds is 8. The van der Waals surface area contributed by atoms with Gasteiger partial charge in [-0.25, -0.2) is 4.79 Å². The molecule has 2 atom stereocenters. The second-order valence-corrected chi connectivity index (χ2v) is 9.74. The number of aliphatic carboxylic acids is 1. The van der Waals surface area contributed by atoms with Crippen LogP contribution in [-0.2, 0) is 21.4 Å². The van der Waals surface area contributed by atoms with E-state index in [9.17, 15) is 19.5 Å². The molecule has 0 saturated carbocycles. The van der Waals surface area contributed by atoms with Gasteiger partial charge in [0.05, 0.1) is 0 Å². The van der Waals surface area contributed by atoms with E-state index in [0.717, 1.165) is 10.4 Å². The highest BCUT2D eigenvalue weighted by molar-refractivity contribution is 7.09. The van der Waals surface area contributed by atoms with Gasteiger partial charge < -0.3 is 15.7 Å². The summed E-state index contributed by atoms with van der Waals surface area (Å²) < 4.78 is 0. The molecule has 0 spiro atoms. The minimum absolute atomic E-state index is 0.0240. The Bertz CT molecular complexity index is 868. The number of nitrogens with one attached hydrogen (secondary N) is 2. The Labute approximate surface area is 181 Å². The average molecular weight is 431 g/mol. The molecule has 0 radical (unpaired) electrons. The fourth-order valence-electron chi connectivity index (χ4n) is 2.97. The van der Waals surface area contributed by atoms with Crippen LogP contribution in [0.25, 0.3) is 0 Å². The first-order chi connectivity index (χ1) is 14.0. The van der Waals surface area contributed by atoms with Crippen LogP contribution in [0, 0.1) is 5.92 Å². The van der Waals surface area contributed by atoms with Gasteiger partial charge in [-0.1, -0.05) is 52.8 Å². The molecule has 6 nitrogen and oxygen atoms in total. The molecule has 162 valence electrons. The largest absolute Gasteiger partial charge is 0.480 e. The summed E-state index contributed by atoms with van der Waals surface area (Å²) in [5, 5.41) is 16.7. The van der Waals surface area contributed by atoms with E-state index in [1.54, 1.807) is 12.1 Å². The third kappa shape index (κ3) is 6.42. The first-order valence-corrected chi connectivity index (χ1v) is 10.8. The van der Waals surface area contributed by atoms with Crippen LogP contribution in [0.15, 0.2) is 41.8 Å². The number of carbonyl (C=O) groups excluding carboxylic acids is 2. The Morgan fingerprint density at radius 1 is 1.03 bits per heavy atom. The number of carbonyl (C=O) groups is 3. The van der Waals surface area contributed by atoms with Gasteiger partial charge in [0.1, 0.15) is 12.1 Å². The molecule has 0 fully saturated rings. The van der Waals surface area contributed by atoms with Gasteiger partial charge in [0.25, 0.3) is 5.91 Å². The van der Waals surface area contributed by atoms with E-state index < -0.39 is 24.0 Å². The van der Waals surface area contributed by atoms with Gasteiger partial charge in [-0.3, -0.25) is 9.59 Å². The molecular weight excluding hydrogens is 400 g/mol. The van der Waals surface area contributed by atoms with E-state index in [4.69, 9.17) is 0 Å². The standard InChI is InChI=1S/C23H30N2O4S/c1-14(2)19(21(27)24-18(22(28)29)13-17-7-6-12-30-17)25-20(26)15-8-10-16(11-9-15)23(3,4)5/h6-12,14,18-19H,13H2,1-5H3,(H,24,27)(H,25,26)(H,28,29). The molecule has 0 aliphatic rings. The maximum Gasteiger partial charge on any atom is 0.326 e. The van der Waals surface area contributed by atoms with Gasteiger partial charge >= 0.3 is 5.97 Å². The van der Waals surface area contributed by atoms with E-state index in [-0.39, 0.29) is 23.7 Å². The van der Waals surface area contributed by atoms with Crippen molar-refractivity contribution in [1.82, 2.24) is 10.6 Å². The molecular formula is C23H30N2O4S. The smallest absolute Gasteiger partial charge is 0.326 e. The number of hydrogen-bond donors (Lipinski definition) is 3. The lowest BCUT2D eigenvalue weighted by Crippen LogP contribution is -2.54. The predicted molar refractivity (Wildman–Crippen MR) is 119 cm³/mol. The topological polar surface area (TPSA) is 95.5 Å². The highest BCUT2D eigenvalue weighted by Crippen LogP contribution is 2.22. The second-order valence-electron chi connectivity index (χ2n) is 8.71. The van der Waals surface area contributed by atoms with Crippen LogP contribution >= 0.6 is 11.3 Å². The second kappa shape index (κ2) is 9.89. The molecule has 7 heteroatoms. The number of hydrogen-bond acceptors (Lipinski definition) is 4. The van der Waals surface area contributed by atoms with Gasteiger partial charge in [0.2, 0.25) is 5.91 Å². The quantitative estimate of drug-likeness (QED) is 0.596. The van der Waals surface area contributed by atoms with Crippen molar-refractivity contribution in [2.24, 2.45) is 5.92 Å². The van der Waals surface area contributed by atoms with Crippen molar-refractivity contribution in [3.8, 4) is 0 Å². The van der Waals surface area contributed by atoms with E-state index in [1.807, 2.05) is 43.5 Å². The molecule has 0 aliphatic carbocycles. The molecule has 1 aromatic heterocycles. The SMILES string of the molecule is CC(C)C(NC(=O)c1ccc(C(C)(C)C)cc1)C(=O)NC(Cc1cccs1)C(=O)O. The first-order valence-electron chi connectivity index (χ1n) is 9.96. The lowest BCUT2D eigenvalue weighted by Gasteiger charge is -2.24. The van der Waals surface area contributed by atoms with Crippen LogP contribution < -0.4 is 10.6 Å². The highest BCUT2D eigenvalue weighted by Gasteiger charge is 2.29. The number of carboxylic acid groups (broad SMARTS) is 1. The van der Waals surface area contributed by atoms with E-state index in [0.29, 0.717) is 5.56 Å². The third-order valence-corrected chi connectivity index (χ3v) is 5.75. The minimum Gasteiger partial charge on any atom is -0.480 e. The summed E-state index contributed by atoms with van der Waals surface area (Å²) in [7, 11) is 0. The fourth-order valence-corrected chi connectivity index (χ4v) is 3.72. The van der Waals surface area contributed by atoms with Crippen molar-refractivity contribution < 1.29 is 19.5 Å². The van der Waals surface area contributed by atoms with Crippen LogP contribution in [0.4, 0.5) is 0 Å². The lowest BCUT2D eigenvalue weighted by atomic mass is 9.86. The van der Waals surface area contributed by atoms with Gasteiger partial charge in [-0.05, 0) is 40.5 Å². The molecule has 0 aliphatic heterocycles. The van der Waals surface area contributed by atoms with Crippen LogP contribution in [0.3, 0.4) is 0 Å². The molecule has 30 heavy (non-hydrogen) atoms. The summed E-state index contributed by atoms with van der Waals surface area (Å²) in [6.45, 7) is 9.90. The normalized spacial score (nSPS) is 13.5. The van der Waals surface area contributed by atoms with E-state index >= 15 is 0 Å². The highest BCUT2D eigenvalue weighted by atomic mass is 32.1. The number of carboxylic acids is 1. The number of thiophene rings is 1. The van der Waals surface area contributed by atoms with E-state index in [2.05, 4.69) is 31.4 Å². The maximum absolute atomic E-state index is 12.8. The monoisotopic (exact) mass is 430 g/mol. The number of benzene rings is 1. The van der Waals surface area contributed by atoms with Crippen molar-refractivity contribution in [2.75, 3.05) is 0 Å². The average Bonchev–Trinajstić information content (AvgIpc) is 3.17. The van der Waals surface area contributed by atoms with Crippen molar-refractivity contribution >= 4 is 29.1 Å². The predicted octanol–water partition coefficient (Wildman–Crippen LogP) is 3.61. The van der Waals surface area contributed by atoms with Crippen LogP contribution in [0.2, 0.25) is 0 Å². The molecule has 2 unspecified atom stereocenters. The summed E-state index contributed by atoms with van der Waals surface area (Å²) in [6, 6.07) is 9.05. The molecule has 3 N–H and O–H groups in total. The molecule has 2 aromatic rings. The zero-order valence-corrected chi connectivity index (χ0v) is 18.9. The summed E-state index contributed by atoms with van der Waals surface area (Å²) in [4.78, 5) is 38.0. The van der Waals surface area contributed by atoms with Crippen molar-refractivity contribution in [3.05, 3.63) is 57.8 Å². The van der Waals surface area contributed by atoms with Crippen molar-refractivity contribution in [2.45, 2.75) is 58.5 Å². The Morgan fingerprint density at radius 2 is 1.67 bits per heavy atom. The minimum atomic E-state index is -1.11. The fraction of sp³-hybridized carbons (Fsp3) is 0.435. The van der Waals surface area contributed by atoms with Gasteiger partial charge in [0.15, 0.2) is 0 Å². The zero-order valence-electron chi connectivity index (χ0n) is 18.1. The Hall–Kier alpha value is -2.67. The van der Waals surface area contributed by atoms with Crippen LogP contribution in [0.5, 0.6) is 0 Å². The van der Waals surface area contributed by atoms with Gasteiger partial charge in [0, 0.05) is 16.9 Å². The Kier molecular flexibility index (Phi) is 7.78. The Morgan fingerprint density at radius 3 is 2.13 bits per heavy atom. The molecule has 0 saturated heterocycles. The molecule has 1 aromatic carbocycles. The molecule has 2 rings (SSSR count). The molecule has 0 bridgehead atoms. The lowest BCUT2D eigenvalue weighted by molar-refractivity contribution is -0.142. The maximum atomic E-state index is 12.8. The first kappa shape index (κ1) is 23.6. The zero-order chi connectivity index (χ0) is 22.5. The Balaban J connectivity index is 2.09. The van der Waals surface area contributed by atoms with Crippen molar-refractivity contribution in [1.29, 1.82) is 0 Å². The number of amides is 2. The molecule has 1 heterocycles. The van der Waals surface area contributed by atoms with Crippen molar-refractivity contribution in [3.63, 3.8) is 0 Å². The van der Waals surface area contributed by atoms with Crippen LogP contribution in [0.1, 0.15) is 55.4 Å². The summed E-state index contributed by atoms with van der Waals surface area (Å²) in [5.74, 6) is -2.19. The third-order valence-electron chi connectivity index (χ3n) is 4.85. The van der Waals surface area contributed by atoms with Gasteiger partial charge in [-0.15, -0.1) is 11.3 Å².